The van der Waals surface area contributed by atoms with E-state index in [1.165, 1.54) is 21.6 Å². The SMILES string of the molecule is CSc1ccc(CN(Cc2ccc(CN)cc2)Cc2ccc3c(c2)OCO3)cc1. The van der Waals surface area contributed by atoms with Crippen LogP contribution in [0.15, 0.2) is 71.6 Å². The highest BCUT2D eigenvalue weighted by Gasteiger charge is 2.15. The van der Waals surface area contributed by atoms with Crippen molar-refractivity contribution in [2.24, 2.45) is 5.73 Å². The Hall–Kier alpha value is -2.47. The van der Waals surface area contributed by atoms with Crippen LogP contribution in [-0.2, 0) is 26.2 Å². The van der Waals surface area contributed by atoms with Crippen LogP contribution in [-0.4, -0.2) is 17.9 Å². The largest absolute Gasteiger partial charge is 0.454 e. The van der Waals surface area contributed by atoms with Gasteiger partial charge in [0.1, 0.15) is 0 Å². The number of nitrogens with zero attached hydrogens (tertiary/aromatic N) is 1. The van der Waals surface area contributed by atoms with Gasteiger partial charge < -0.3 is 15.2 Å². The van der Waals surface area contributed by atoms with Gasteiger partial charge in [-0.25, -0.2) is 0 Å². The van der Waals surface area contributed by atoms with Crippen LogP contribution in [0.4, 0.5) is 0 Å². The van der Waals surface area contributed by atoms with Gasteiger partial charge in [0.05, 0.1) is 0 Å². The Morgan fingerprint density at radius 1 is 0.759 bits per heavy atom. The molecule has 1 heterocycles. The molecule has 4 nitrogen and oxygen atoms in total. The Bertz CT molecular complexity index is 893. The number of benzene rings is 3. The van der Waals surface area contributed by atoms with E-state index in [2.05, 4.69) is 71.8 Å². The first-order valence-corrected chi connectivity index (χ1v) is 11.0. The topological polar surface area (TPSA) is 47.7 Å². The van der Waals surface area contributed by atoms with Crippen LogP contribution >= 0.6 is 11.8 Å². The predicted octanol–water partition coefficient (Wildman–Crippen LogP) is 4.80. The molecule has 0 fully saturated rings. The summed E-state index contributed by atoms with van der Waals surface area (Å²) < 4.78 is 11.0. The highest BCUT2D eigenvalue weighted by atomic mass is 32.2. The van der Waals surface area contributed by atoms with Gasteiger partial charge >= 0.3 is 0 Å². The average Bonchev–Trinajstić information content (AvgIpc) is 3.23. The monoisotopic (exact) mass is 406 g/mol. The predicted molar refractivity (Wildman–Crippen MR) is 118 cm³/mol. The van der Waals surface area contributed by atoms with E-state index < -0.39 is 0 Å². The second kappa shape index (κ2) is 9.35. The van der Waals surface area contributed by atoms with Crippen molar-refractivity contribution in [1.82, 2.24) is 4.90 Å². The van der Waals surface area contributed by atoms with Crippen LogP contribution in [0.3, 0.4) is 0 Å². The fraction of sp³-hybridized carbons (Fsp3) is 0.250. The lowest BCUT2D eigenvalue weighted by atomic mass is 10.1. The maximum absolute atomic E-state index is 5.74. The van der Waals surface area contributed by atoms with E-state index in [1.807, 2.05) is 6.07 Å². The Balaban J connectivity index is 1.53. The summed E-state index contributed by atoms with van der Waals surface area (Å²) in [5.41, 5.74) is 10.7. The second-order valence-electron chi connectivity index (χ2n) is 7.20. The summed E-state index contributed by atoms with van der Waals surface area (Å²) in [6, 6.07) is 23.6. The highest BCUT2D eigenvalue weighted by Crippen LogP contribution is 2.33. The summed E-state index contributed by atoms with van der Waals surface area (Å²) in [4.78, 5) is 3.73. The van der Waals surface area contributed by atoms with E-state index >= 15 is 0 Å². The first-order valence-electron chi connectivity index (χ1n) is 9.75. The van der Waals surface area contributed by atoms with E-state index in [4.69, 9.17) is 15.2 Å². The number of hydrogen-bond donors (Lipinski definition) is 1. The molecule has 1 aliphatic heterocycles. The van der Waals surface area contributed by atoms with Crippen LogP contribution < -0.4 is 15.2 Å². The van der Waals surface area contributed by atoms with Crippen molar-refractivity contribution in [2.45, 2.75) is 31.1 Å². The minimum absolute atomic E-state index is 0.303. The molecule has 0 saturated carbocycles. The van der Waals surface area contributed by atoms with E-state index in [9.17, 15) is 0 Å². The molecule has 1 aliphatic rings. The molecule has 0 radical (unpaired) electrons. The van der Waals surface area contributed by atoms with Gasteiger partial charge in [0.25, 0.3) is 0 Å². The molecular weight excluding hydrogens is 380 g/mol. The number of thioether (sulfide) groups is 1. The Morgan fingerprint density at radius 3 is 1.97 bits per heavy atom. The second-order valence-corrected chi connectivity index (χ2v) is 8.08. The van der Waals surface area contributed by atoms with E-state index in [0.717, 1.165) is 36.7 Å². The zero-order chi connectivity index (χ0) is 20.1. The molecule has 29 heavy (non-hydrogen) atoms. The minimum Gasteiger partial charge on any atom is -0.454 e. The summed E-state index contributed by atoms with van der Waals surface area (Å²) in [7, 11) is 0. The molecule has 0 saturated heterocycles. The van der Waals surface area contributed by atoms with Crippen molar-refractivity contribution in [3.05, 3.63) is 89.0 Å². The fourth-order valence-electron chi connectivity index (χ4n) is 3.49. The van der Waals surface area contributed by atoms with Crippen LogP contribution in [0.25, 0.3) is 0 Å². The maximum atomic E-state index is 5.74. The Labute approximate surface area is 176 Å². The molecule has 3 aromatic rings. The maximum Gasteiger partial charge on any atom is 0.231 e. The van der Waals surface area contributed by atoms with E-state index in [0.29, 0.717) is 13.3 Å². The molecule has 2 N–H and O–H groups in total. The van der Waals surface area contributed by atoms with Crippen LogP contribution in [0.1, 0.15) is 22.3 Å². The molecule has 0 aromatic heterocycles. The van der Waals surface area contributed by atoms with Gasteiger partial charge in [-0.15, -0.1) is 11.8 Å². The smallest absolute Gasteiger partial charge is 0.231 e. The van der Waals surface area contributed by atoms with Crippen LogP contribution in [0, 0.1) is 0 Å². The van der Waals surface area contributed by atoms with Gasteiger partial charge in [-0.3, -0.25) is 4.90 Å². The third kappa shape index (κ3) is 5.12. The number of fused-ring (bicyclic) bond motifs is 1. The van der Waals surface area contributed by atoms with Gasteiger partial charge in [0, 0.05) is 31.1 Å². The number of hydrogen-bond acceptors (Lipinski definition) is 5. The van der Waals surface area contributed by atoms with Crippen molar-refractivity contribution in [3.63, 3.8) is 0 Å². The van der Waals surface area contributed by atoms with Crippen LogP contribution in [0.5, 0.6) is 11.5 Å². The summed E-state index contributed by atoms with van der Waals surface area (Å²) in [5.74, 6) is 1.66. The highest BCUT2D eigenvalue weighted by molar-refractivity contribution is 7.98. The molecule has 0 bridgehead atoms. The number of nitrogens with two attached hydrogens (primary N) is 1. The zero-order valence-corrected chi connectivity index (χ0v) is 17.5. The molecule has 150 valence electrons. The van der Waals surface area contributed by atoms with Crippen molar-refractivity contribution >= 4 is 11.8 Å². The van der Waals surface area contributed by atoms with Crippen molar-refractivity contribution in [2.75, 3.05) is 13.0 Å². The molecular formula is C24H26N2O2S. The average molecular weight is 407 g/mol. The molecule has 0 atom stereocenters. The summed E-state index contributed by atoms with van der Waals surface area (Å²) in [5, 5.41) is 0. The number of ether oxygens (including phenoxy) is 2. The minimum atomic E-state index is 0.303. The lowest BCUT2D eigenvalue weighted by molar-refractivity contribution is 0.174. The Kier molecular flexibility index (Phi) is 6.39. The first kappa shape index (κ1) is 19.8. The third-order valence-corrected chi connectivity index (χ3v) is 5.82. The lowest BCUT2D eigenvalue weighted by Gasteiger charge is -2.23. The normalized spacial score (nSPS) is 12.5. The van der Waals surface area contributed by atoms with Gasteiger partial charge in [-0.2, -0.15) is 0 Å². The molecule has 0 spiro atoms. The molecule has 0 unspecified atom stereocenters. The van der Waals surface area contributed by atoms with Gasteiger partial charge in [-0.1, -0.05) is 42.5 Å². The van der Waals surface area contributed by atoms with E-state index in [-0.39, 0.29) is 0 Å². The summed E-state index contributed by atoms with van der Waals surface area (Å²) in [6.07, 6.45) is 2.10. The zero-order valence-electron chi connectivity index (χ0n) is 16.6. The quantitative estimate of drug-likeness (QED) is 0.545. The van der Waals surface area contributed by atoms with E-state index in [1.54, 1.807) is 11.8 Å². The lowest BCUT2D eigenvalue weighted by Crippen LogP contribution is -2.22. The van der Waals surface area contributed by atoms with Gasteiger partial charge in [0.15, 0.2) is 11.5 Å². The van der Waals surface area contributed by atoms with Crippen LogP contribution in [0.2, 0.25) is 0 Å². The van der Waals surface area contributed by atoms with Crippen molar-refractivity contribution in [1.29, 1.82) is 0 Å². The molecule has 3 aromatic carbocycles. The first-order chi connectivity index (χ1) is 14.2. The molecule has 0 aliphatic carbocycles. The number of rotatable bonds is 8. The van der Waals surface area contributed by atoms with Crippen molar-refractivity contribution in [3.8, 4) is 11.5 Å². The fourth-order valence-corrected chi connectivity index (χ4v) is 3.90. The Morgan fingerprint density at radius 2 is 1.31 bits per heavy atom. The molecule has 0 amide bonds. The summed E-state index contributed by atoms with van der Waals surface area (Å²) >= 11 is 1.77. The van der Waals surface area contributed by atoms with Crippen molar-refractivity contribution < 1.29 is 9.47 Å². The third-order valence-electron chi connectivity index (χ3n) is 5.07. The van der Waals surface area contributed by atoms with Gasteiger partial charge in [-0.05, 0) is 52.8 Å². The van der Waals surface area contributed by atoms with Gasteiger partial charge in [0.2, 0.25) is 6.79 Å². The molecule has 5 heteroatoms. The molecule has 4 rings (SSSR count). The summed E-state index contributed by atoms with van der Waals surface area (Å²) in [6.45, 7) is 3.45. The standard InChI is InChI=1S/C24H26N2O2S/c1-29-22-9-6-20(7-10-22)15-26(14-19-4-2-18(13-25)3-5-19)16-21-8-11-23-24(12-21)28-17-27-23/h2-12H,13-17,25H2,1H3.